The molecule has 0 radical (unpaired) electrons. The highest BCUT2D eigenvalue weighted by Crippen LogP contribution is 2.51. The number of hydrogen-bond acceptors (Lipinski definition) is 2. The Morgan fingerprint density at radius 2 is 1.85 bits per heavy atom. The van der Waals surface area contributed by atoms with Crippen molar-refractivity contribution in [3.63, 3.8) is 0 Å². The highest BCUT2D eigenvalue weighted by molar-refractivity contribution is 6.67. The molecule has 3 heteroatoms. The molecule has 2 nitrogen and oxygen atoms in total. The van der Waals surface area contributed by atoms with Gasteiger partial charge < -0.3 is 8.85 Å². The number of fused-ring (bicyclic) bond motifs is 2. The predicted octanol–water partition coefficient (Wildman–Crippen LogP) is 2.32. The molecule has 0 heterocycles. The first-order chi connectivity index (χ1) is 6.19. The third-order valence-corrected chi connectivity index (χ3v) is 7.40. The summed E-state index contributed by atoms with van der Waals surface area (Å²) in [5.74, 6) is 1.55. The van der Waals surface area contributed by atoms with Crippen LogP contribution < -0.4 is 0 Å². The summed E-state index contributed by atoms with van der Waals surface area (Å²) in [6.07, 6.45) is 7.34. The lowest BCUT2D eigenvalue weighted by molar-refractivity contribution is 0.230. The summed E-state index contributed by atoms with van der Waals surface area (Å²) in [7, 11) is 1.72. The Morgan fingerprint density at radius 1 is 1.15 bits per heavy atom. The van der Waals surface area contributed by atoms with Crippen LogP contribution in [0.25, 0.3) is 0 Å². The lowest BCUT2D eigenvalue weighted by atomic mass is 10.1. The molecular formula is C10H18O2Si. The van der Waals surface area contributed by atoms with Crippen LogP contribution in [0.15, 0.2) is 12.2 Å². The van der Waals surface area contributed by atoms with Gasteiger partial charge in [0.2, 0.25) is 0 Å². The van der Waals surface area contributed by atoms with E-state index in [1.165, 1.54) is 12.8 Å². The molecule has 1 saturated carbocycles. The summed E-state index contributed by atoms with van der Waals surface area (Å²) in [4.78, 5) is 0. The van der Waals surface area contributed by atoms with Crippen LogP contribution in [0, 0.1) is 11.8 Å². The highest BCUT2D eigenvalue weighted by atomic mass is 28.4. The lowest BCUT2D eigenvalue weighted by Crippen LogP contribution is -2.43. The van der Waals surface area contributed by atoms with Gasteiger partial charge in [0.25, 0.3) is 0 Å². The van der Waals surface area contributed by atoms with Crippen molar-refractivity contribution < 1.29 is 8.85 Å². The van der Waals surface area contributed by atoms with E-state index in [4.69, 9.17) is 8.85 Å². The third kappa shape index (κ3) is 1.39. The summed E-state index contributed by atoms with van der Waals surface area (Å²) in [5, 5.41) is 0. The molecule has 0 amide bonds. The minimum absolute atomic E-state index is 0.678. The highest BCUT2D eigenvalue weighted by Gasteiger charge is 2.49. The van der Waals surface area contributed by atoms with E-state index >= 15 is 0 Å². The molecule has 3 unspecified atom stereocenters. The van der Waals surface area contributed by atoms with E-state index in [1.807, 2.05) is 0 Å². The molecule has 0 aromatic heterocycles. The number of rotatable bonds is 3. The molecule has 2 rings (SSSR count). The Bertz CT molecular complexity index is 223. The van der Waals surface area contributed by atoms with E-state index in [0.29, 0.717) is 5.54 Å². The van der Waals surface area contributed by atoms with Crippen molar-refractivity contribution >= 4 is 8.56 Å². The number of allylic oxidation sites excluding steroid dienone is 2. The van der Waals surface area contributed by atoms with Crippen molar-refractivity contribution in [1.29, 1.82) is 0 Å². The molecule has 0 spiro atoms. The fourth-order valence-electron chi connectivity index (χ4n) is 2.77. The van der Waals surface area contributed by atoms with Crippen LogP contribution in [0.3, 0.4) is 0 Å². The predicted molar refractivity (Wildman–Crippen MR) is 54.7 cm³/mol. The second kappa shape index (κ2) is 3.22. The van der Waals surface area contributed by atoms with E-state index in [1.54, 1.807) is 14.2 Å². The Balaban J connectivity index is 2.13. The first kappa shape index (κ1) is 9.43. The van der Waals surface area contributed by atoms with E-state index < -0.39 is 8.56 Å². The standard InChI is InChI=1S/C10H18O2Si/c1-11-13(3,12-2)10-7-8-4-5-9(10)6-8/h4-5,8-10H,6-7H2,1-3H3. The summed E-state index contributed by atoms with van der Waals surface area (Å²) in [6.45, 7) is 2.19. The van der Waals surface area contributed by atoms with Gasteiger partial charge in [0, 0.05) is 19.8 Å². The van der Waals surface area contributed by atoms with Crippen molar-refractivity contribution in [3.05, 3.63) is 12.2 Å². The average molecular weight is 198 g/mol. The molecule has 0 aromatic rings. The second-order valence-corrected chi connectivity index (χ2v) is 7.90. The Hall–Kier alpha value is -0.123. The molecule has 74 valence electrons. The van der Waals surface area contributed by atoms with Gasteiger partial charge >= 0.3 is 8.56 Å². The Kier molecular flexibility index (Phi) is 2.34. The van der Waals surface area contributed by atoms with Gasteiger partial charge in [-0.05, 0) is 31.2 Å². The summed E-state index contributed by atoms with van der Waals surface area (Å²) >= 11 is 0. The topological polar surface area (TPSA) is 18.5 Å². The normalized spacial score (nSPS) is 37.3. The van der Waals surface area contributed by atoms with Crippen molar-refractivity contribution in [2.24, 2.45) is 11.8 Å². The maximum atomic E-state index is 5.61. The molecule has 0 N–H and O–H groups in total. The molecule has 3 atom stereocenters. The van der Waals surface area contributed by atoms with Gasteiger partial charge in [-0.1, -0.05) is 12.2 Å². The molecular weight excluding hydrogens is 180 g/mol. The van der Waals surface area contributed by atoms with E-state index in [-0.39, 0.29) is 0 Å². The molecule has 2 bridgehead atoms. The van der Waals surface area contributed by atoms with Crippen LogP contribution in [0.4, 0.5) is 0 Å². The molecule has 2 aliphatic carbocycles. The quantitative estimate of drug-likeness (QED) is 0.512. The summed E-state index contributed by atoms with van der Waals surface area (Å²) in [6, 6.07) is 0. The SMILES string of the molecule is CO[Si](C)(OC)C1CC2C=CC1C2. The van der Waals surface area contributed by atoms with Gasteiger partial charge in [-0.3, -0.25) is 0 Å². The van der Waals surface area contributed by atoms with Gasteiger partial charge in [0.1, 0.15) is 0 Å². The fraction of sp³-hybridized carbons (Fsp3) is 0.800. The van der Waals surface area contributed by atoms with E-state index in [9.17, 15) is 0 Å². The van der Waals surface area contributed by atoms with Gasteiger partial charge in [-0.25, -0.2) is 0 Å². The summed E-state index contributed by atoms with van der Waals surface area (Å²) < 4.78 is 11.2. The van der Waals surface area contributed by atoms with E-state index in [2.05, 4.69) is 18.7 Å². The van der Waals surface area contributed by atoms with E-state index in [0.717, 1.165) is 11.8 Å². The second-order valence-electron chi connectivity index (χ2n) is 4.31. The van der Waals surface area contributed by atoms with Crippen LogP contribution >= 0.6 is 0 Å². The monoisotopic (exact) mass is 198 g/mol. The van der Waals surface area contributed by atoms with Crippen LogP contribution in [0.1, 0.15) is 12.8 Å². The van der Waals surface area contributed by atoms with Gasteiger partial charge in [-0.15, -0.1) is 0 Å². The molecule has 0 aromatic carbocycles. The maximum Gasteiger partial charge on any atom is 0.338 e. The van der Waals surface area contributed by atoms with Gasteiger partial charge in [-0.2, -0.15) is 0 Å². The fourth-order valence-corrected chi connectivity index (χ4v) is 5.30. The molecule has 2 aliphatic rings. The molecule has 13 heavy (non-hydrogen) atoms. The Morgan fingerprint density at radius 3 is 2.23 bits per heavy atom. The molecule has 0 aliphatic heterocycles. The minimum Gasteiger partial charge on any atom is -0.398 e. The zero-order valence-electron chi connectivity index (χ0n) is 8.62. The number of hydrogen-bond donors (Lipinski definition) is 0. The van der Waals surface area contributed by atoms with Crippen LogP contribution in [0.5, 0.6) is 0 Å². The Labute approximate surface area is 81.2 Å². The smallest absolute Gasteiger partial charge is 0.338 e. The van der Waals surface area contributed by atoms with Crippen LogP contribution in [0.2, 0.25) is 12.1 Å². The van der Waals surface area contributed by atoms with Gasteiger partial charge in [0.15, 0.2) is 0 Å². The van der Waals surface area contributed by atoms with Crippen molar-refractivity contribution in [2.45, 2.75) is 24.9 Å². The first-order valence-electron chi connectivity index (χ1n) is 4.98. The van der Waals surface area contributed by atoms with Crippen molar-refractivity contribution in [3.8, 4) is 0 Å². The van der Waals surface area contributed by atoms with Gasteiger partial charge in [0.05, 0.1) is 0 Å². The zero-order valence-corrected chi connectivity index (χ0v) is 9.62. The molecule has 1 fully saturated rings. The zero-order chi connectivity index (χ0) is 9.47. The lowest BCUT2D eigenvalue weighted by Gasteiger charge is -2.33. The largest absolute Gasteiger partial charge is 0.398 e. The van der Waals surface area contributed by atoms with Crippen molar-refractivity contribution in [2.75, 3.05) is 14.2 Å². The minimum atomic E-state index is -1.87. The average Bonchev–Trinajstić information content (AvgIpc) is 2.77. The van der Waals surface area contributed by atoms with Crippen molar-refractivity contribution in [1.82, 2.24) is 0 Å². The maximum absolute atomic E-state index is 5.61. The van der Waals surface area contributed by atoms with Crippen LogP contribution in [-0.2, 0) is 8.85 Å². The third-order valence-electron chi connectivity index (χ3n) is 3.76. The summed E-state index contributed by atoms with van der Waals surface area (Å²) in [5.41, 5.74) is 0.678. The molecule has 0 saturated heterocycles. The van der Waals surface area contributed by atoms with Crippen LogP contribution in [-0.4, -0.2) is 22.8 Å². The first-order valence-corrected chi connectivity index (χ1v) is 7.37.